The maximum Gasteiger partial charge on any atom is 0.137 e. The second-order valence-corrected chi connectivity index (χ2v) is 8.03. The van der Waals surface area contributed by atoms with E-state index >= 15 is 0 Å². The number of halogens is 4. The lowest BCUT2D eigenvalue weighted by molar-refractivity contribution is 0.619. The Bertz CT molecular complexity index is 556. The summed E-state index contributed by atoms with van der Waals surface area (Å²) in [5.41, 5.74) is 8.01. The smallest absolute Gasteiger partial charge is 0.137 e. The molecule has 2 N–H and O–H groups in total. The molecule has 2 aromatic rings. The van der Waals surface area contributed by atoms with Gasteiger partial charge in [-0.2, -0.15) is 0 Å². The first-order valence-electron chi connectivity index (χ1n) is 4.64. The molecule has 0 radical (unpaired) electrons. The molecule has 0 saturated heterocycles. The molecule has 1 nitrogen and oxygen atoms in total. The molecule has 1 aromatic carbocycles. The maximum absolute atomic E-state index is 13.1. The fourth-order valence-corrected chi connectivity index (χ4v) is 4.78. The van der Waals surface area contributed by atoms with Crippen LogP contribution < -0.4 is 5.73 Å². The summed E-state index contributed by atoms with van der Waals surface area (Å²) < 4.78 is 15.6. The van der Waals surface area contributed by atoms with Crippen LogP contribution in [0.5, 0.6) is 0 Å². The highest BCUT2D eigenvalue weighted by molar-refractivity contribution is 9.12. The highest BCUT2D eigenvalue weighted by Gasteiger charge is 2.16. The molecule has 1 atom stereocenters. The molecule has 0 aliphatic carbocycles. The van der Waals surface area contributed by atoms with E-state index in [9.17, 15) is 4.39 Å². The fraction of sp³-hybridized carbons (Fsp3) is 0.0909. The lowest BCUT2D eigenvalue weighted by Gasteiger charge is -2.12. The number of rotatable bonds is 2. The van der Waals surface area contributed by atoms with E-state index in [0.29, 0.717) is 4.47 Å². The van der Waals surface area contributed by atoms with E-state index in [0.717, 1.165) is 18.7 Å². The van der Waals surface area contributed by atoms with E-state index in [4.69, 9.17) is 5.73 Å². The van der Waals surface area contributed by atoms with Crippen molar-refractivity contribution in [1.29, 1.82) is 0 Å². The average molecular weight is 444 g/mol. The number of nitrogens with two attached hydrogens (primary N) is 1. The molecule has 0 spiro atoms. The quantitative estimate of drug-likeness (QED) is 0.676. The average Bonchev–Trinajstić information content (AvgIpc) is 2.61. The van der Waals surface area contributed by atoms with Gasteiger partial charge in [0.1, 0.15) is 5.82 Å². The summed E-state index contributed by atoms with van der Waals surface area (Å²) in [6.07, 6.45) is 0. The van der Waals surface area contributed by atoms with Crippen molar-refractivity contribution in [2.75, 3.05) is 0 Å². The molecule has 0 aliphatic rings. The standard InChI is InChI=1S/C11H7Br3FNS/c12-7-3-5(1-2-8(7)15)10(16)6-4-9(13)17-11(6)14/h1-4,10H,16H2. The zero-order valence-electron chi connectivity index (χ0n) is 8.38. The molecule has 90 valence electrons. The minimum absolute atomic E-state index is 0.274. The number of thiophene rings is 1. The predicted molar refractivity (Wildman–Crippen MR) is 79.8 cm³/mol. The normalized spacial score (nSPS) is 12.8. The lowest BCUT2D eigenvalue weighted by atomic mass is 10.0. The minimum Gasteiger partial charge on any atom is -0.320 e. The van der Waals surface area contributed by atoms with Crippen LogP contribution in [0.1, 0.15) is 17.2 Å². The highest BCUT2D eigenvalue weighted by Crippen LogP contribution is 2.37. The van der Waals surface area contributed by atoms with E-state index < -0.39 is 0 Å². The molecule has 0 saturated carbocycles. The maximum atomic E-state index is 13.1. The van der Waals surface area contributed by atoms with Crippen molar-refractivity contribution < 1.29 is 4.39 Å². The topological polar surface area (TPSA) is 26.0 Å². The monoisotopic (exact) mass is 441 g/mol. The Balaban J connectivity index is 2.40. The van der Waals surface area contributed by atoms with Gasteiger partial charge in [0.15, 0.2) is 0 Å². The van der Waals surface area contributed by atoms with Crippen molar-refractivity contribution in [2.24, 2.45) is 5.73 Å². The first-order chi connectivity index (χ1) is 7.99. The third kappa shape index (κ3) is 2.98. The molecular formula is C11H7Br3FNS. The van der Waals surface area contributed by atoms with Crippen LogP contribution in [0.2, 0.25) is 0 Å². The van der Waals surface area contributed by atoms with Crippen LogP contribution in [0.15, 0.2) is 36.3 Å². The molecule has 0 bridgehead atoms. The van der Waals surface area contributed by atoms with Gasteiger partial charge in [-0.05, 0) is 77.1 Å². The summed E-state index contributed by atoms with van der Waals surface area (Å²) in [5.74, 6) is -0.286. The van der Waals surface area contributed by atoms with Gasteiger partial charge in [-0.15, -0.1) is 11.3 Å². The second kappa shape index (κ2) is 5.48. The Hall–Kier alpha value is 0.250. The Morgan fingerprint density at radius 3 is 2.41 bits per heavy atom. The van der Waals surface area contributed by atoms with E-state index in [1.165, 1.54) is 6.07 Å². The van der Waals surface area contributed by atoms with Gasteiger partial charge in [0, 0.05) is 0 Å². The van der Waals surface area contributed by atoms with Crippen molar-refractivity contribution in [3.05, 3.63) is 53.3 Å². The Kier molecular flexibility index (Phi) is 4.41. The fourth-order valence-electron chi connectivity index (χ4n) is 1.45. The molecular weight excluding hydrogens is 437 g/mol. The van der Waals surface area contributed by atoms with E-state index in [2.05, 4.69) is 47.8 Å². The molecule has 1 aromatic heterocycles. The van der Waals surface area contributed by atoms with Gasteiger partial charge < -0.3 is 5.73 Å². The zero-order valence-corrected chi connectivity index (χ0v) is 14.0. The summed E-state index contributed by atoms with van der Waals surface area (Å²) in [4.78, 5) is 0. The number of hydrogen-bond acceptors (Lipinski definition) is 2. The Labute approximate surface area is 128 Å². The zero-order chi connectivity index (χ0) is 12.6. The van der Waals surface area contributed by atoms with Gasteiger partial charge in [0.25, 0.3) is 0 Å². The molecule has 0 aliphatic heterocycles. The Morgan fingerprint density at radius 2 is 1.88 bits per heavy atom. The van der Waals surface area contributed by atoms with E-state index in [-0.39, 0.29) is 11.9 Å². The van der Waals surface area contributed by atoms with Gasteiger partial charge in [0.05, 0.1) is 18.1 Å². The van der Waals surface area contributed by atoms with Crippen molar-refractivity contribution in [2.45, 2.75) is 6.04 Å². The van der Waals surface area contributed by atoms with Gasteiger partial charge in [-0.3, -0.25) is 0 Å². The molecule has 0 amide bonds. The second-order valence-electron chi connectivity index (χ2n) is 3.43. The highest BCUT2D eigenvalue weighted by atomic mass is 79.9. The summed E-state index contributed by atoms with van der Waals surface area (Å²) in [5, 5.41) is 0. The van der Waals surface area contributed by atoms with Crippen LogP contribution in [0.4, 0.5) is 4.39 Å². The molecule has 1 heterocycles. The van der Waals surface area contributed by atoms with Crippen molar-refractivity contribution in [3.8, 4) is 0 Å². The molecule has 17 heavy (non-hydrogen) atoms. The first-order valence-corrected chi connectivity index (χ1v) is 7.84. The van der Waals surface area contributed by atoms with Crippen LogP contribution in [0.25, 0.3) is 0 Å². The van der Waals surface area contributed by atoms with Crippen LogP contribution >= 0.6 is 59.1 Å². The van der Waals surface area contributed by atoms with Crippen LogP contribution in [-0.2, 0) is 0 Å². The molecule has 2 rings (SSSR count). The minimum atomic E-state index is -0.286. The third-order valence-corrected chi connectivity index (χ3v) is 5.31. The number of hydrogen-bond donors (Lipinski definition) is 1. The van der Waals surface area contributed by atoms with Crippen LogP contribution in [0.3, 0.4) is 0 Å². The summed E-state index contributed by atoms with van der Waals surface area (Å²) in [7, 11) is 0. The van der Waals surface area contributed by atoms with Crippen molar-refractivity contribution in [1.82, 2.24) is 0 Å². The molecule has 6 heteroatoms. The summed E-state index contributed by atoms with van der Waals surface area (Å²) in [6, 6.07) is 6.51. The summed E-state index contributed by atoms with van der Waals surface area (Å²) >= 11 is 11.6. The van der Waals surface area contributed by atoms with Gasteiger partial charge in [-0.1, -0.05) is 6.07 Å². The molecule has 0 fully saturated rings. The van der Waals surface area contributed by atoms with Gasteiger partial charge in [-0.25, -0.2) is 4.39 Å². The lowest BCUT2D eigenvalue weighted by Crippen LogP contribution is -2.11. The third-order valence-electron chi connectivity index (χ3n) is 2.32. The Morgan fingerprint density at radius 1 is 1.18 bits per heavy atom. The van der Waals surface area contributed by atoms with Gasteiger partial charge in [0.2, 0.25) is 0 Å². The SMILES string of the molecule is NC(c1ccc(F)c(Br)c1)c1cc(Br)sc1Br. The van der Waals surface area contributed by atoms with E-state index in [1.807, 2.05) is 6.07 Å². The van der Waals surface area contributed by atoms with Crippen LogP contribution in [-0.4, -0.2) is 0 Å². The number of benzene rings is 1. The van der Waals surface area contributed by atoms with Crippen molar-refractivity contribution >= 4 is 59.1 Å². The predicted octanol–water partition coefficient (Wildman–Crippen LogP) is 5.22. The van der Waals surface area contributed by atoms with Crippen molar-refractivity contribution in [3.63, 3.8) is 0 Å². The van der Waals surface area contributed by atoms with Gasteiger partial charge >= 0.3 is 0 Å². The first kappa shape index (κ1) is 13.7. The van der Waals surface area contributed by atoms with Crippen LogP contribution in [0, 0.1) is 5.82 Å². The summed E-state index contributed by atoms with van der Waals surface area (Å²) in [6.45, 7) is 0. The largest absolute Gasteiger partial charge is 0.320 e. The van der Waals surface area contributed by atoms with E-state index in [1.54, 1.807) is 23.5 Å². The molecule has 1 unspecified atom stereocenters.